The maximum Gasteiger partial charge on any atom is 3.00 e. The van der Waals surface area contributed by atoms with Crippen molar-refractivity contribution in [2.45, 2.75) is 19.6 Å². The molecule has 0 saturated heterocycles. The summed E-state index contributed by atoms with van der Waals surface area (Å²) in [5.41, 5.74) is 0. The van der Waals surface area contributed by atoms with Gasteiger partial charge < -0.3 is 40.9 Å². The Morgan fingerprint density at radius 3 is 0.545 bits per heavy atom. The summed E-state index contributed by atoms with van der Waals surface area (Å²) in [4.78, 5) is 31.6. The number of hydrogen-bond donors (Lipinski definition) is 0. The van der Waals surface area contributed by atoms with E-state index in [4.69, 9.17) is 0 Å². The van der Waals surface area contributed by atoms with Gasteiger partial charge in [0, 0.05) is 42.7 Å². The molecular weight excluding hydrogens is 363 g/mol. The van der Waals surface area contributed by atoms with E-state index in [0.717, 1.165) is 0 Å². The molecule has 13 heteroatoms. The van der Waals surface area contributed by atoms with Gasteiger partial charge in [0.15, 0.2) is 0 Å². The summed E-state index contributed by atoms with van der Waals surface area (Å²) in [7, 11) is -0.521. The maximum absolute atomic E-state index is 10.5. The van der Waals surface area contributed by atoms with Crippen LogP contribution >= 0.6 is 0 Å². The van der Waals surface area contributed by atoms with E-state index in [1.54, 1.807) is 0 Å². The van der Waals surface area contributed by atoms with E-state index in [2.05, 4.69) is 26.6 Å². The molecule has 0 bridgehead atoms. The fourth-order valence-electron chi connectivity index (χ4n) is 0.250. The molecule has 0 aromatic heterocycles. The second kappa shape index (κ2) is 15.4. The molecule has 0 heterocycles. The third kappa shape index (κ3) is 23.1. The third-order valence-corrected chi connectivity index (χ3v) is 6.67. The van der Waals surface area contributed by atoms with Crippen LogP contribution in [0, 0.1) is 0 Å². The molecule has 0 fully saturated rings. The summed E-state index contributed by atoms with van der Waals surface area (Å²) >= 11 is 0. The van der Waals surface area contributed by atoms with Crippen LogP contribution in [-0.4, -0.2) is 86.4 Å². The predicted molar refractivity (Wildman–Crippen MR) is 82.7 cm³/mol. The molecule has 0 aliphatic rings. The van der Waals surface area contributed by atoms with Gasteiger partial charge in [-0.1, -0.05) is 0 Å². The van der Waals surface area contributed by atoms with E-state index >= 15 is 0 Å². The zero-order chi connectivity index (χ0) is 17.7. The van der Waals surface area contributed by atoms with Crippen LogP contribution in [0.3, 0.4) is 0 Å². The average molecular weight is 391 g/mol. The fourth-order valence-corrected chi connectivity index (χ4v) is 0.750. The largest absolute Gasteiger partial charge is 3.00 e. The average Bonchev–Trinajstić information content (AvgIpc) is 2.48. The van der Waals surface area contributed by atoms with E-state index in [-0.39, 0.29) is 17.4 Å². The van der Waals surface area contributed by atoms with Gasteiger partial charge in [0.25, 0.3) is 0 Å². The molecule has 0 unspecified atom stereocenters. The van der Waals surface area contributed by atoms with Crippen molar-refractivity contribution in [3.8, 4) is 0 Å². The Bertz CT molecular complexity index is 188. The van der Waals surface area contributed by atoms with Crippen LogP contribution in [-0.2, 0) is 26.6 Å². The normalized spacial score (nSPS) is 11.5. The molecule has 9 nitrogen and oxygen atoms in total. The molecule has 0 N–H and O–H groups in total. The Hall–Kier alpha value is 0.823. The molecule has 0 atom stereocenters. The summed E-state index contributed by atoms with van der Waals surface area (Å²) in [6, 6.07) is 0. The zero-order valence-electron chi connectivity index (χ0n) is 14.8. The van der Waals surface area contributed by atoms with Crippen LogP contribution in [0.1, 0.15) is 0 Å². The second-order valence-electron chi connectivity index (χ2n) is 3.81. The quantitative estimate of drug-likeness (QED) is 0.444. The first-order valence-electron chi connectivity index (χ1n) is 5.79. The van der Waals surface area contributed by atoms with Crippen molar-refractivity contribution in [3.05, 3.63) is 0 Å². The summed E-state index contributed by atoms with van der Waals surface area (Å²) in [6.07, 6.45) is 0. The molecule has 22 heavy (non-hydrogen) atoms. The van der Waals surface area contributed by atoms with E-state index in [1.165, 1.54) is 62.3 Å². The van der Waals surface area contributed by atoms with Crippen LogP contribution in [0.15, 0.2) is 0 Å². The first kappa shape index (κ1) is 30.7. The van der Waals surface area contributed by atoms with Crippen LogP contribution in [0.5, 0.6) is 0 Å². The molecule has 0 aromatic carbocycles. The molecule has 0 radical (unpaired) electrons. The van der Waals surface area contributed by atoms with Gasteiger partial charge in [0.1, 0.15) is 0 Å². The molecule has 132 valence electrons. The molecular formula is C9H27AlO9Si3. The van der Waals surface area contributed by atoms with Crippen molar-refractivity contribution in [3.63, 3.8) is 0 Å². The van der Waals surface area contributed by atoms with Crippen molar-refractivity contribution in [1.82, 2.24) is 0 Å². The molecule has 0 saturated carbocycles. The van der Waals surface area contributed by atoms with Gasteiger partial charge >= 0.3 is 17.4 Å². The van der Waals surface area contributed by atoms with Crippen molar-refractivity contribution in [2.75, 3.05) is 42.7 Å². The van der Waals surface area contributed by atoms with Gasteiger partial charge in [-0.25, -0.2) is 0 Å². The zero-order valence-corrected chi connectivity index (χ0v) is 18.9. The summed E-state index contributed by atoms with van der Waals surface area (Å²) in [6.45, 7) is 4.31. The second-order valence-corrected chi connectivity index (χ2v) is 11.4. The SMILES string of the molecule is CO[Si](C)([O-])OC.CO[Si](C)([O-])OC.CO[Si](C)([O-])OC.[Al+3]. The van der Waals surface area contributed by atoms with Crippen molar-refractivity contribution < 1.29 is 40.9 Å². The monoisotopic (exact) mass is 390 g/mol. The van der Waals surface area contributed by atoms with Crippen LogP contribution in [0.2, 0.25) is 19.6 Å². The first-order valence-corrected chi connectivity index (χ1v) is 12.5. The minimum Gasteiger partial charge on any atom is -0.817 e. The van der Waals surface area contributed by atoms with Gasteiger partial charge in [-0.15, -0.1) is 0 Å². The fraction of sp³-hybridized carbons (Fsp3) is 1.00. The Balaban J connectivity index is -0.000000108. The number of rotatable bonds is 6. The topological polar surface area (TPSA) is 125 Å². The van der Waals surface area contributed by atoms with E-state index in [0.29, 0.717) is 0 Å². The predicted octanol–water partition coefficient (Wildman–Crippen LogP) is -2.76. The summed E-state index contributed by atoms with van der Waals surface area (Å²) in [5.74, 6) is 0. The Morgan fingerprint density at radius 2 is 0.545 bits per heavy atom. The smallest absolute Gasteiger partial charge is 0.817 e. The molecule has 0 amide bonds. The first-order chi connectivity index (χ1) is 9.36. The molecule has 0 spiro atoms. The van der Waals surface area contributed by atoms with E-state index in [1.807, 2.05) is 0 Å². The minimum absolute atomic E-state index is 0. The Labute approximate surface area is 147 Å². The van der Waals surface area contributed by atoms with Gasteiger partial charge in [0.05, 0.1) is 0 Å². The third-order valence-electron chi connectivity index (χ3n) is 2.22. The van der Waals surface area contributed by atoms with Gasteiger partial charge in [-0.2, -0.15) is 0 Å². The van der Waals surface area contributed by atoms with E-state index < -0.39 is 26.4 Å². The molecule has 0 aliphatic heterocycles. The standard InChI is InChI=1S/3C3H9O3Si.Al/c3*1-5-7(3,4)6-2;/h3*1-3H3;/q3*-1;+3. The van der Waals surface area contributed by atoms with Gasteiger partial charge in [-0.3, -0.25) is 0 Å². The molecule has 0 aromatic rings. The van der Waals surface area contributed by atoms with Crippen molar-refractivity contribution in [1.29, 1.82) is 0 Å². The van der Waals surface area contributed by atoms with Crippen molar-refractivity contribution in [2.24, 2.45) is 0 Å². The molecule has 0 aliphatic carbocycles. The van der Waals surface area contributed by atoms with Gasteiger partial charge in [0.2, 0.25) is 26.4 Å². The van der Waals surface area contributed by atoms with E-state index in [9.17, 15) is 14.4 Å². The summed E-state index contributed by atoms with van der Waals surface area (Å²) < 4.78 is 26.7. The Morgan fingerprint density at radius 1 is 0.455 bits per heavy atom. The maximum atomic E-state index is 10.5. The van der Waals surface area contributed by atoms with Crippen LogP contribution in [0.4, 0.5) is 0 Å². The minimum atomic E-state index is -2.90. The van der Waals surface area contributed by atoms with Crippen LogP contribution < -0.4 is 14.4 Å². The summed E-state index contributed by atoms with van der Waals surface area (Å²) in [5, 5.41) is 0. The molecule has 0 rings (SSSR count). The van der Waals surface area contributed by atoms with Gasteiger partial charge in [-0.05, 0) is 19.6 Å². The number of hydrogen-bond acceptors (Lipinski definition) is 9. The Kier molecular flexibility index (Phi) is 21.4. The van der Waals surface area contributed by atoms with Crippen molar-refractivity contribution >= 4 is 43.8 Å². The van der Waals surface area contributed by atoms with Crippen LogP contribution in [0.25, 0.3) is 0 Å².